The lowest BCUT2D eigenvalue weighted by Crippen LogP contribution is -2.64. The molecule has 0 bridgehead atoms. The maximum absolute atomic E-state index is 3.90. The maximum Gasteiger partial charge on any atom is 0.0307 e. The molecule has 0 radical (unpaired) electrons. The molecule has 2 atom stereocenters. The average molecular weight is 307 g/mol. The molecule has 21 heavy (non-hydrogen) atoms. The number of hydrogen-bond acceptors (Lipinski definition) is 3. The fraction of sp³-hybridized carbons (Fsp3) is 0.778. The van der Waals surface area contributed by atoms with Crippen molar-refractivity contribution in [2.24, 2.45) is 5.92 Å². The Bertz CT molecular complexity index is 424. The molecule has 3 rings (SSSR count). The Morgan fingerprint density at radius 1 is 1.33 bits per heavy atom. The van der Waals surface area contributed by atoms with Crippen LogP contribution in [-0.2, 0) is 6.54 Å². The van der Waals surface area contributed by atoms with Gasteiger partial charge in [-0.05, 0) is 54.5 Å². The Kier molecular flexibility index (Phi) is 5.03. The zero-order chi connectivity index (χ0) is 14.7. The van der Waals surface area contributed by atoms with E-state index in [1.165, 1.54) is 50.6 Å². The van der Waals surface area contributed by atoms with Crippen molar-refractivity contribution in [3.63, 3.8) is 0 Å². The number of thiophene rings is 1. The van der Waals surface area contributed by atoms with Crippen LogP contribution in [0.2, 0.25) is 0 Å². The predicted octanol–water partition coefficient (Wildman–Crippen LogP) is 4.27. The first kappa shape index (κ1) is 15.5. The molecule has 0 amide bonds. The first-order valence-corrected chi connectivity index (χ1v) is 9.65. The van der Waals surface area contributed by atoms with Gasteiger partial charge in [-0.2, -0.15) is 11.3 Å². The molecular weight excluding hydrogens is 276 g/mol. The minimum Gasteiger partial charge on any atom is -0.311 e. The number of piperazine rings is 1. The van der Waals surface area contributed by atoms with Crippen molar-refractivity contribution in [1.82, 2.24) is 10.2 Å². The zero-order valence-corrected chi connectivity index (χ0v) is 14.4. The number of nitrogens with one attached hydrogen (secondary N) is 1. The topological polar surface area (TPSA) is 15.3 Å². The zero-order valence-electron chi connectivity index (χ0n) is 13.6. The van der Waals surface area contributed by atoms with Gasteiger partial charge < -0.3 is 5.32 Å². The monoisotopic (exact) mass is 306 g/mol. The van der Waals surface area contributed by atoms with Crippen molar-refractivity contribution in [1.29, 1.82) is 0 Å². The summed E-state index contributed by atoms with van der Waals surface area (Å²) in [7, 11) is 0. The summed E-state index contributed by atoms with van der Waals surface area (Å²) in [6, 6.07) is 3.00. The molecule has 2 heterocycles. The van der Waals surface area contributed by atoms with Gasteiger partial charge in [-0.25, -0.2) is 0 Å². The van der Waals surface area contributed by atoms with Gasteiger partial charge in [-0.15, -0.1) is 0 Å². The lowest BCUT2D eigenvalue weighted by atomic mass is 9.80. The standard InChI is InChI=1S/C18H30N2S/c1-3-18(2)14-19-17(16-7-5-4-6-8-16)12-20(18)11-15-9-10-21-13-15/h9-10,13,16-17,19H,3-8,11-12,14H2,1-2H3. The molecule has 2 fully saturated rings. The minimum atomic E-state index is 0.313. The molecule has 3 heteroatoms. The Balaban J connectivity index is 1.69. The summed E-state index contributed by atoms with van der Waals surface area (Å²) in [5, 5.41) is 8.42. The highest BCUT2D eigenvalue weighted by molar-refractivity contribution is 7.07. The summed E-state index contributed by atoms with van der Waals surface area (Å²) in [6.07, 6.45) is 8.44. The predicted molar refractivity (Wildman–Crippen MR) is 91.8 cm³/mol. The van der Waals surface area contributed by atoms with Crippen LogP contribution in [-0.4, -0.2) is 29.6 Å². The van der Waals surface area contributed by atoms with Gasteiger partial charge in [0, 0.05) is 31.2 Å². The number of nitrogens with zero attached hydrogens (tertiary/aromatic N) is 1. The fourth-order valence-electron chi connectivity index (χ4n) is 4.04. The van der Waals surface area contributed by atoms with E-state index in [0.717, 1.165) is 19.0 Å². The Morgan fingerprint density at radius 2 is 2.14 bits per heavy atom. The third-order valence-corrected chi connectivity index (χ3v) is 6.59. The normalized spacial score (nSPS) is 32.4. The summed E-state index contributed by atoms with van der Waals surface area (Å²) in [5.74, 6) is 0.908. The van der Waals surface area contributed by atoms with Crippen molar-refractivity contribution in [3.05, 3.63) is 22.4 Å². The molecule has 2 unspecified atom stereocenters. The van der Waals surface area contributed by atoms with Crippen molar-refractivity contribution in [3.8, 4) is 0 Å². The number of rotatable bonds is 4. The van der Waals surface area contributed by atoms with Crippen LogP contribution in [0.25, 0.3) is 0 Å². The van der Waals surface area contributed by atoms with Crippen LogP contribution in [0.5, 0.6) is 0 Å². The van der Waals surface area contributed by atoms with Crippen molar-refractivity contribution in [2.45, 2.75) is 70.5 Å². The third kappa shape index (κ3) is 3.52. The Labute approximate surface area is 133 Å². The van der Waals surface area contributed by atoms with Crippen molar-refractivity contribution < 1.29 is 0 Å². The van der Waals surface area contributed by atoms with Crippen LogP contribution in [0.1, 0.15) is 57.9 Å². The highest BCUT2D eigenvalue weighted by Crippen LogP contribution is 2.32. The largest absolute Gasteiger partial charge is 0.311 e. The molecule has 1 N–H and O–H groups in total. The molecule has 1 aliphatic carbocycles. The molecule has 1 aromatic heterocycles. The van der Waals surface area contributed by atoms with Gasteiger partial charge in [0.25, 0.3) is 0 Å². The molecular formula is C18H30N2S. The Hall–Kier alpha value is -0.380. The van der Waals surface area contributed by atoms with Crippen LogP contribution in [0.3, 0.4) is 0 Å². The van der Waals surface area contributed by atoms with Crippen LogP contribution < -0.4 is 5.32 Å². The number of hydrogen-bond donors (Lipinski definition) is 1. The van der Waals surface area contributed by atoms with E-state index in [0.29, 0.717) is 11.6 Å². The van der Waals surface area contributed by atoms with E-state index in [-0.39, 0.29) is 0 Å². The van der Waals surface area contributed by atoms with E-state index in [1.54, 1.807) is 0 Å². The van der Waals surface area contributed by atoms with Gasteiger partial charge >= 0.3 is 0 Å². The smallest absolute Gasteiger partial charge is 0.0307 e. The lowest BCUT2D eigenvalue weighted by molar-refractivity contribution is 0.0231. The Morgan fingerprint density at radius 3 is 2.81 bits per heavy atom. The fourth-order valence-corrected chi connectivity index (χ4v) is 4.70. The summed E-state index contributed by atoms with van der Waals surface area (Å²) in [4.78, 5) is 2.75. The highest BCUT2D eigenvalue weighted by atomic mass is 32.1. The third-order valence-electron chi connectivity index (χ3n) is 5.86. The molecule has 0 aromatic carbocycles. The highest BCUT2D eigenvalue weighted by Gasteiger charge is 2.38. The first-order valence-electron chi connectivity index (χ1n) is 8.71. The molecule has 1 saturated carbocycles. The molecule has 2 nitrogen and oxygen atoms in total. The van der Waals surface area contributed by atoms with Gasteiger partial charge in [0.15, 0.2) is 0 Å². The lowest BCUT2D eigenvalue weighted by Gasteiger charge is -2.50. The van der Waals surface area contributed by atoms with Gasteiger partial charge in [-0.1, -0.05) is 26.2 Å². The second kappa shape index (κ2) is 6.80. The van der Waals surface area contributed by atoms with Crippen LogP contribution >= 0.6 is 11.3 Å². The SMILES string of the molecule is CCC1(C)CNC(C2CCCCC2)CN1Cc1ccsc1. The first-order chi connectivity index (χ1) is 10.2. The van der Waals surface area contributed by atoms with Crippen LogP contribution in [0, 0.1) is 5.92 Å². The quantitative estimate of drug-likeness (QED) is 0.893. The van der Waals surface area contributed by atoms with Gasteiger partial charge in [0.1, 0.15) is 0 Å². The van der Waals surface area contributed by atoms with E-state index in [1.807, 2.05) is 11.3 Å². The second-order valence-corrected chi connectivity index (χ2v) is 8.03. The van der Waals surface area contributed by atoms with Gasteiger partial charge in [0.2, 0.25) is 0 Å². The van der Waals surface area contributed by atoms with Crippen molar-refractivity contribution in [2.75, 3.05) is 13.1 Å². The van der Waals surface area contributed by atoms with Gasteiger partial charge in [-0.3, -0.25) is 4.90 Å². The molecule has 1 saturated heterocycles. The van der Waals surface area contributed by atoms with E-state index in [4.69, 9.17) is 0 Å². The van der Waals surface area contributed by atoms with E-state index < -0.39 is 0 Å². The van der Waals surface area contributed by atoms with E-state index in [9.17, 15) is 0 Å². The summed E-state index contributed by atoms with van der Waals surface area (Å²) >= 11 is 1.82. The summed E-state index contributed by atoms with van der Waals surface area (Å²) < 4.78 is 0. The minimum absolute atomic E-state index is 0.313. The molecule has 1 aliphatic heterocycles. The summed E-state index contributed by atoms with van der Waals surface area (Å²) in [5.41, 5.74) is 1.80. The summed E-state index contributed by atoms with van der Waals surface area (Å²) in [6.45, 7) is 8.27. The molecule has 0 spiro atoms. The maximum atomic E-state index is 3.90. The van der Waals surface area contributed by atoms with Crippen LogP contribution in [0.4, 0.5) is 0 Å². The van der Waals surface area contributed by atoms with Crippen molar-refractivity contribution >= 4 is 11.3 Å². The average Bonchev–Trinajstić information content (AvgIpc) is 3.03. The van der Waals surface area contributed by atoms with E-state index >= 15 is 0 Å². The van der Waals surface area contributed by atoms with Crippen LogP contribution in [0.15, 0.2) is 16.8 Å². The molecule has 118 valence electrons. The molecule has 2 aliphatic rings. The second-order valence-electron chi connectivity index (χ2n) is 7.25. The van der Waals surface area contributed by atoms with E-state index in [2.05, 4.69) is 40.9 Å². The molecule has 1 aromatic rings. The van der Waals surface area contributed by atoms with Gasteiger partial charge in [0.05, 0.1) is 0 Å².